The molecule has 1 aromatic carbocycles. The Bertz CT molecular complexity index is 691. The fourth-order valence-electron chi connectivity index (χ4n) is 1.75. The number of aromatic nitrogens is 1. The number of carbonyl (C=O) groups is 2. The van der Waals surface area contributed by atoms with E-state index in [1.54, 1.807) is 0 Å². The minimum Gasteiger partial charge on any atom is -0.454 e. The molecule has 0 unspecified atom stereocenters. The Morgan fingerprint density at radius 3 is 2.76 bits per heavy atom. The summed E-state index contributed by atoms with van der Waals surface area (Å²) in [6.07, 6.45) is 0. The van der Waals surface area contributed by atoms with Crippen LogP contribution in [0.25, 0.3) is 11.3 Å². The van der Waals surface area contributed by atoms with Crippen LogP contribution in [-0.4, -0.2) is 23.5 Å². The summed E-state index contributed by atoms with van der Waals surface area (Å²) in [7, 11) is 0. The van der Waals surface area contributed by atoms with E-state index < -0.39 is 11.8 Å². The van der Waals surface area contributed by atoms with E-state index in [0.717, 1.165) is 0 Å². The van der Waals surface area contributed by atoms with Crippen molar-refractivity contribution in [1.29, 1.82) is 0 Å². The number of benzene rings is 1. The van der Waals surface area contributed by atoms with Crippen molar-refractivity contribution in [2.24, 2.45) is 0 Å². The van der Waals surface area contributed by atoms with Gasteiger partial charge >= 0.3 is 5.97 Å². The second kappa shape index (κ2) is 6.05. The normalized spacial score (nSPS) is 10.5. The summed E-state index contributed by atoms with van der Waals surface area (Å²) >= 11 is 5.95. The van der Waals surface area contributed by atoms with Crippen LogP contribution in [0.3, 0.4) is 0 Å². The number of esters is 1. The van der Waals surface area contributed by atoms with Crippen LogP contribution in [0.4, 0.5) is 4.39 Å². The number of nitrogens with zero attached hydrogens (tertiary/aromatic N) is 1. The van der Waals surface area contributed by atoms with Gasteiger partial charge in [-0.2, -0.15) is 0 Å². The fourth-order valence-corrected chi connectivity index (χ4v) is 2.00. The molecule has 1 aromatic heterocycles. The van der Waals surface area contributed by atoms with Crippen LogP contribution in [0.5, 0.6) is 0 Å². The van der Waals surface area contributed by atoms with E-state index >= 15 is 0 Å². The minimum absolute atomic E-state index is 0.0502. The molecule has 0 atom stereocenters. The van der Waals surface area contributed by atoms with Gasteiger partial charge in [-0.25, -0.2) is 9.18 Å². The second-order valence-electron chi connectivity index (χ2n) is 4.34. The molecule has 0 fully saturated rings. The maximum atomic E-state index is 13.9. The maximum Gasteiger partial charge on any atom is 0.344 e. The first-order valence-corrected chi connectivity index (χ1v) is 6.36. The number of carbonyl (C=O) groups excluding carboxylic acids is 2. The molecule has 0 spiro atoms. The summed E-state index contributed by atoms with van der Waals surface area (Å²) in [6.45, 7) is 2.38. The van der Waals surface area contributed by atoms with E-state index in [2.05, 4.69) is 5.16 Å². The minimum atomic E-state index is -0.821. The number of halogens is 2. The lowest BCUT2D eigenvalue weighted by molar-refractivity contribution is -0.120. The van der Waals surface area contributed by atoms with Gasteiger partial charge in [-0.15, -0.1) is 0 Å². The first-order valence-electron chi connectivity index (χ1n) is 5.99. The predicted molar refractivity (Wildman–Crippen MR) is 72.6 cm³/mol. The van der Waals surface area contributed by atoms with E-state index in [-0.39, 0.29) is 40.0 Å². The lowest BCUT2D eigenvalue weighted by Crippen LogP contribution is -2.12. The number of ether oxygens (including phenoxy) is 1. The Morgan fingerprint density at radius 1 is 1.43 bits per heavy atom. The zero-order chi connectivity index (χ0) is 15.6. The number of hydrogen-bond donors (Lipinski definition) is 0. The van der Waals surface area contributed by atoms with Crippen molar-refractivity contribution in [2.75, 3.05) is 6.61 Å². The summed E-state index contributed by atoms with van der Waals surface area (Å²) in [5, 5.41) is 3.76. The molecular formula is C14H11ClFNO4. The predicted octanol–water partition coefficient (Wildman–Crippen LogP) is 3.19. The quantitative estimate of drug-likeness (QED) is 0.811. The first kappa shape index (κ1) is 15.2. The molecule has 0 radical (unpaired) electrons. The van der Waals surface area contributed by atoms with Crippen LogP contribution in [0.15, 0.2) is 22.7 Å². The third-order valence-corrected chi connectivity index (χ3v) is 2.99. The van der Waals surface area contributed by atoms with E-state index in [0.29, 0.717) is 0 Å². The zero-order valence-corrected chi connectivity index (χ0v) is 12.0. The average Bonchev–Trinajstić information content (AvgIpc) is 2.78. The topological polar surface area (TPSA) is 69.4 Å². The van der Waals surface area contributed by atoms with Gasteiger partial charge in [0.1, 0.15) is 29.4 Å². The van der Waals surface area contributed by atoms with Gasteiger partial charge in [0, 0.05) is 0 Å². The van der Waals surface area contributed by atoms with Crippen LogP contribution in [0, 0.1) is 12.7 Å². The van der Waals surface area contributed by atoms with Gasteiger partial charge in [-0.05, 0) is 26.0 Å². The van der Waals surface area contributed by atoms with Crippen molar-refractivity contribution in [3.63, 3.8) is 0 Å². The van der Waals surface area contributed by atoms with Crippen molar-refractivity contribution in [3.8, 4) is 11.3 Å². The molecule has 0 aliphatic heterocycles. The number of ketones is 1. The van der Waals surface area contributed by atoms with E-state index in [1.807, 2.05) is 0 Å². The summed E-state index contributed by atoms with van der Waals surface area (Å²) in [5.41, 5.74) is -0.154. The molecular weight excluding hydrogens is 301 g/mol. The molecule has 7 heteroatoms. The van der Waals surface area contributed by atoms with Crippen molar-refractivity contribution in [1.82, 2.24) is 5.16 Å². The molecule has 0 aliphatic rings. The average molecular weight is 312 g/mol. The highest BCUT2D eigenvalue weighted by molar-refractivity contribution is 6.33. The summed E-state index contributed by atoms with van der Waals surface area (Å²) in [5.74, 6) is -1.63. The van der Waals surface area contributed by atoms with Gasteiger partial charge in [0.05, 0.1) is 10.6 Å². The van der Waals surface area contributed by atoms with Crippen molar-refractivity contribution < 1.29 is 23.2 Å². The summed E-state index contributed by atoms with van der Waals surface area (Å²) in [4.78, 5) is 22.9. The Labute approximate surface area is 124 Å². The molecule has 0 saturated heterocycles. The molecule has 1 heterocycles. The zero-order valence-electron chi connectivity index (χ0n) is 11.3. The fraction of sp³-hybridized carbons (Fsp3) is 0.214. The third kappa shape index (κ3) is 3.11. The second-order valence-corrected chi connectivity index (χ2v) is 4.74. The number of rotatable bonds is 4. The first-order chi connectivity index (χ1) is 9.91. The standard InChI is InChI=1S/C14H11ClFNO4/c1-7(18)6-20-14(19)11-8(2)21-17-13(11)12-9(15)4-3-5-10(12)16/h3-5H,6H2,1-2H3. The Morgan fingerprint density at radius 2 is 2.14 bits per heavy atom. The van der Waals surface area contributed by atoms with E-state index in [1.165, 1.54) is 32.0 Å². The monoisotopic (exact) mass is 311 g/mol. The molecule has 2 aromatic rings. The lowest BCUT2D eigenvalue weighted by atomic mass is 10.1. The van der Waals surface area contributed by atoms with Crippen molar-refractivity contribution in [3.05, 3.63) is 40.4 Å². The highest BCUT2D eigenvalue weighted by atomic mass is 35.5. The van der Waals surface area contributed by atoms with Crippen molar-refractivity contribution in [2.45, 2.75) is 13.8 Å². The number of aryl methyl sites for hydroxylation is 1. The van der Waals surface area contributed by atoms with E-state index in [4.69, 9.17) is 20.9 Å². The van der Waals surface area contributed by atoms with Crippen LogP contribution in [-0.2, 0) is 9.53 Å². The SMILES string of the molecule is CC(=O)COC(=O)c1c(-c2c(F)cccc2Cl)noc1C. The van der Waals surface area contributed by atoms with Gasteiger partial charge in [-0.3, -0.25) is 4.79 Å². The highest BCUT2D eigenvalue weighted by Gasteiger charge is 2.26. The summed E-state index contributed by atoms with van der Waals surface area (Å²) < 4.78 is 23.7. The van der Waals surface area contributed by atoms with E-state index in [9.17, 15) is 14.0 Å². The molecule has 0 saturated carbocycles. The molecule has 110 valence electrons. The maximum absolute atomic E-state index is 13.9. The van der Waals surface area contributed by atoms with Crippen LogP contribution >= 0.6 is 11.6 Å². The van der Waals surface area contributed by atoms with Gasteiger partial charge in [0.2, 0.25) is 0 Å². The molecule has 0 amide bonds. The third-order valence-electron chi connectivity index (χ3n) is 2.67. The van der Waals surface area contributed by atoms with Gasteiger partial charge < -0.3 is 9.26 Å². The molecule has 2 rings (SSSR count). The molecule has 0 aliphatic carbocycles. The highest BCUT2D eigenvalue weighted by Crippen LogP contribution is 2.33. The molecule has 21 heavy (non-hydrogen) atoms. The Balaban J connectivity index is 2.48. The van der Waals surface area contributed by atoms with Crippen molar-refractivity contribution >= 4 is 23.4 Å². The van der Waals surface area contributed by atoms with Gasteiger partial charge in [0.25, 0.3) is 0 Å². The Hall–Kier alpha value is -2.21. The lowest BCUT2D eigenvalue weighted by Gasteiger charge is -2.05. The molecule has 5 nitrogen and oxygen atoms in total. The van der Waals surface area contributed by atoms with Gasteiger partial charge in [0.15, 0.2) is 5.78 Å². The Kier molecular flexibility index (Phi) is 4.37. The number of Topliss-reactive ketones (excluding diaryl/α,β-unsaturated/α-hetero) is 1. The smallest absolute Gasteiger partial charge is 0.344 e. The number of hydrogen-bond acceptors (Lipinski definition) is 5. The summed E-state index contributed by atoms with van der Waals surface area (Å²) in [6, 6.07) is 4.09. The van der Waals surface area contributed by atoms with Gasteiger partial charge in [-0.1, -0.05) is 22.8 Å². The van der Waals surface area contributed by atoms with Crippen LogP contribution < -0.4 is 0 Å². The van der Waals surface area contributed by atoms with Crippen LogP contribution in [0.1, 0.15) is 23.0 Å². The largest absolute Gasteiger partial charge is 0.454 e. The van der Waals surface area contributed by atoms with Crippen LogP contribution in [0.2, 0.25) is 5.02 Å². The molecule has 0 bridgehead atoms. The molecule has 0 N–H and O–H groups in total.